The SMILES string of the molecule is CN1CC(=O)N(Cc2ccc(C(=O)NN)cc2Br)CC1=O. The molecule has 112 valence electrons. The van der Waals surface area contributed by atoms with Crippen LogP contribution in [0.5, 0.6) is 0 Å². The number of hydrogen-bond acceptors (Lipinski definition) is 4. The molecule has 7 nitrogen and oxygen atoms in total. The Morgan fingerprint density at radius 2 is 2.05 bits per heavy atom. The van der Waals surface area contributed by atoms with E-state index in [1.807, 2.05) is 0 Å². The maximum atomic E-state index is 11.9. The van der Waals surface area contributed by atoms with Crippen LogP contribution < -0.4 is 11.3 Å². The van der Waals surface area contributed by atoms with Crippen molar-refractivity contribution in [3.63, 3.8) is 0 Å². The van der Waals surface area contributed by atoms with Gasteiger partial charge in [-0.15, -0.1) is 0 Å². The number of hydrogen-bond donors (Lipinski definition) is 2. The van der Waals surface area contributed by atoms with Crippen molar-refractivity contribution < 1.29 is 14.4 Å². The van der Waals surface area contributed by atoms with Crippen molar-refractivity contribution in [1.29, 1.82) is 0 Å². The number of nitrogen functional groups attached to an aromatic ring is 1. The van der Waals surface area contributed by atoms with Crippen LogP contribution in [0.1, 0.15) is 15.9 Å². The molecule has 3 N–H and O–H groups in total. The van der Waals surface area contributed by atoms with E-state index in [0.717, 1.165) is 5.56 Å². The average Bonchev–Trinajstić information content (AvgIpc) is 2.45. The van der Waals surface area contributed by atoms with Crippen LogP contribution in [0.2, 0.25) is 0 Å². The minimum atomic E-state index is -0.395. The summed E-state index contributed by atoms with van der Waals surface area (Å²) in [6.07, 6.45) is 0. The summed E-state index contributed by atoms with van der Waals surface area (Å²) in [5.74, 6) is 4.49. The van der Waals surface area contributed by atoms with Crippen LogP contribution in [0.25, 0.3) is 0 Å². The molecule has 0 atom stereocenters. The van der Waals surface area contributed by atoms with Crippen LogP contribution in [0.15, 0.2) is 22.7 Å². The molecule has 1 aliphatic rings. The van der Waals surface area contributed by atoms with Gasteiger partial charge < -0.3 is 9.80 Å². The summed E-state index contributed by atoms with van der Waals surface area (Å²) >= 11 is 3.36. The molecule has 0 radical (unpaired) electrons. The molecule has 1 aromatic rings. The Hall–Kier alpha value is -1.93. The molecular formula is C13H15BrN4O3. The number of rotatable bonds is 3. The van der Waals surface area contributed by atoms with Crippen LogP contribution in [0.3, 0.4) is 0 Å². The van der Waals surface area contributed by atoms with Crippen LogP contribution in [0.4, 0.5) is 0 Å². The van der Waals surface area contributed by atoms with E-state index in [2.05, 4.69) is 21.4 Å². The molecule has 1 fully saturated rings. The Labute approximate surface area is 130 Å². The van der Waals surface area contributed by atoms with Crippen molar-refractivity contribution in [3.8, 4) is 0 Å². The third-order valence-electron chi connectivity index (χ3n) is 3.28. The lowest BCUT2D eigenvalue weighted by Gasteiger charge is -2.31. The fourth-order valence-corrected chi connectivity index (χ4v) is 2.52. The molecule has 0 unspecified atom stereocenters. The lowest BCUT2D eigenvalue weighted by molar-refractivity contribution is -0.149. The summed E-state index contributed by atoms with van der Waals surface area (Å²) in [6, 6.07) is 4.97. The molecule has 1 aliphatic heterocycles. The Kier molecular flexibility index (Phi) is 4.59. The molecule has 0 aromatic heterocycles. The van der Waals surface area contributed by atoms with Gasteiger partial charge in [0.1, 0.15) is 6.54 Å². The normalized spacial score (nSPS) is 15.4. The zero-order valence-corrected chi connectivity index (χ0v) is 13.0. The molecule has 0 saturated carbocycles. The van der Waals surface area contributed by atoms with Crippen LogP contribution in [-0.4, -0.2) is 47.7 Å². The lowest BCUT2D eigenvalue weighted by Crippen LogP contribution is -2.51. The van der Waals surface area contributed by atoms with E-state index in [0.29, 0.717) is 16.6 Å². The summed E-state index contributed by atoms with van der Waals surface area (Å²) in [6.45, 7) is 0.459. The van der Waals surface area contributed by atoms with Crippen LogP contribution >= 0.6 is 15.9 Å². The molecule has 1 aromatic carbocycles. The maximum absolute atomic E-state index is 11.9. The number of benzene rings is 1. The Morgan fingerprint density at radius 1 is 1.33 bits per heavy atom. The van der Waals surface area contributed by atoms with E-state index in [-0.39, 0.29) is 24.9 Å². The standard InChI is InChI=1S/C13H15BrN4O3/c1-17-6-12(20)18(7-11(17)19)5-9-3-2-8(4-10(9)14)13(21)16-15/h2-4H,5-7,15H2,1H3,(H,16,21). The Balaban J connectivity index is 2.14. The minimum absolute atomic E-state index is 0.0623. The number of nitrogens with two attached hydrogens (primary N) is 1. The molecule has 21 heavy (non-hydrogen) atoms. The first kappa shape index (κ1) is 15.5. The predicted molar refractivity (Wildman–Crippen MR) is 78.8 cm³/mol. The van der Waals surface area contributed by atoms with Crippen molar-refractivity contribution in [2.24, 2.45) is 5.84 Å². The number of nitrogens with zero attached hydrogens (tertiary/aromatic N) is 2. The predicted octanol–water partition coefficient (Wildman–Crippen LogP) is -0.147. The van der Waals surface area contributed by atoms with Gasteiger partial charge in [0.2, 0.25) is 11.8 Å². The highest BCUT2D eigenvalue weighted by Gasteiger charge is 2.27. The van der Waals surface area contributed by atoms with Crippen molar-refractivity contribution in [2.75, 3.05) is 20.1 Å². The number of carbonyl (C=O) groups excluding carboxylic acids is 3. The molecule has 0 bridgehead atoms. The molecular weight excluding hydrogens is 340 g/mol. The van der Waals surface area contributed by atoms with Crippen LogP contribution in [0, 0.1) is 0 Å². The van der Waals surface area contributed by atoms with Crippen molar-refractivity contribution in [2.45, 2.75) is 6.54 Å². The molecule has 3 amide bonds. The summed E-state index contributed by atoms with van der Waals surface area (Å²) in [5, 5.41) is 0. The van der Waals surface area contributed by atoms with Gasteiger partial charge in [0.05, 0.1) is 6.54 Å². The molecule has 2 rings (SSSR count). The van der Waals surface area contributed by atoms with Gasteiger partial charge in [-0.05, 0) is 17.7 Å². The fourth-order valence-electron chi connectivity index (χ4n) is 2.01. The highest BCUT2D eigenvalue weighted by Crippen LogP contribution is 2.21. The quantitative estimate of drug-likeness (QED) is 0.448. The van der Waals surface area contributed by atoms with Gasteiger partial charge >= 0.3 is 0 Å². The van der Waals surface area contributed by atoms with E-state index < -0.39 is 5.91 Å². The van der Waals surface area contributed by atoms with Gasteiger partial charge in [0, 0.05) is 23.6 Å². The largest absolute Gasteiger partial charge is 0.335 e. The second-order valence-electron chi connectivity index (χ2n) is 4.78. The van der Waals surface area contributed by atoms with Gasteiger partial charge in [-0.25, -0.2) is 5.84 Å². The second-order valence-corrected chi connectivity index (χ2v) is 5.63. The van der Waals surface area contributed by atoms with Gasteiger partial charge in [-0.1, -0.05) is 22.0 Å². The first-order valence-electron chi connectivity index (χ1n) is 6.23. The summed E-state index contributed by atoms with van der Waals surface area (Å²) in [7, 11) is 1.60. The number of carbonyl (C=O) groups is 3. The van der Waals surface area contributed by atoms with Crippen molar-refractivity contribution in [3.05, 3.63) is 33.8 Å². The van der Waals surface area contributed by atoms with Crippen molar-refractivity contribution in [1.82, 2.24) is 15.2 Å². The maximum Gasteiger partial charge on any atom is 0.265 e. The third-order valence-corrected chi connectivity index (χ3v) is 4.02. The molecule has 1 saturated heterocycles. The Morgan fingerprint density at radius 3 is 2.67 bits per heavy atom. The van der Waals surface area contributed by atoms with Gasteiger partial charge in [-0.2, -0.15) is 0 Å². The smallest absolute Gasteiger partial charge is 0.265 e. The Bertz CT molecular complexity index is 605. The number of nitrogens with one attached hydrogen (secondary N) is 1. The summed E-state index contributed by atoms with van der Waals surface area (Å²) < 4.78 is 0.683. The van der Waals surface area contributed by atoms with E-state index in [1.54, 1.807) is 25.2 Å². The van der Waals surface area contributed by atoms with E-state index in [1.165, 1.54) is 9.80 Å². The van der Waals surface area contributed by atoms with E-state index in [4.69, 9.17) is 5.84 Å². The minimum Gasteiger partial charge on any atom is -0.335 e. The lowest BCUT2D eigenvalue weighted by atomic mass is 10.1. The first-order chi connectivity index (χ1) is 9.92. The zero-order chi connectivity index (χ0) is 15.6. The first-order valence-corrected chi connectivity index (χ1v) is 7.02. The van der Waals surface area contributed by atoms with Crippen LogP contribution in [-0.2, 0) is 16.1 Å². The van der Waals surface area contributed by atoms with Gasteiger partial charge in [0.25, 0.3) is 5.91 Å². The highest BCUT2D eigenvalue weighted by atomic mass is 79.9. The number of hydrazine groups is 1. The second kappa shape index (κ2) is 6.23. The topological polar surface area (TPSA) is 95.7 Å². The number of likely N-dealkylation sites (N-methyl/N-ethyl adjacent to an activating group) is 1. The number of halogens is 1. The summed E-state index contributed by atoms with van der Waals surface area (Å²) in [4.78, 5) is 37.9. The third kappa shape index (κ3) is 3.40. The average molecular weight is 355 g/mol. The highest BCUT2D eigenvalue weighted by molar-refractivity contribution is 9.10. The zero-order valence-electron chi connectivity index (χ0n) is 11.4. The van der Waals surface area contributed by atoms with Crippen molar-refractivity contribution >= 4 is 33.7 Å². The monoisotopic (exact) mass is 354 g/mol. The van der Waals surface area contributed by atoms with E-state index in [9.17, 15) is 14.4 Å². The number of piperazine rings is 1. The number of amides is 3. The van der Waals surface area contributed by atoms with Gasteiger partial charge in [-0.3, -0.25) is 19.8 Å². The van der Waals surface area contributed by atoms with Gasteiger partial charge in [0.15, 0.2) is 0 Å². The molecule has 0 aliphatic carbocycles. The molecule has 0 spiro atoms. The summed E-state index contributed by atoms with van der Waals surface area (Å²) in [5.41, 5.74) is 3.28. The van der Waals surface area contributed by atoms with E-state index >= 15 is 0 Å². The molecule has 1 heterocycles. The fraction of sp³-hybridized carbons (Fsp3) is 0.308. The molecule has 8 heteroatoms.